The topological polar surface area (TPSA) is 27.1 Å². The average Bonchev–Trinajstić information content (AvgIpc) is 2.76. The van der Waals surface area contributed by atoms with Gasteiger partial charge in [0.25, 0.3) is 0 Å². The van der Waals surface area contributed by atoms with Crippen LogP contribution in [-0.2, 0) is 6.54 Å². The van der Waals surface area contributed by atoms with E-state index in [0.717, 1.165) is 23.5 Å². The monoisotopic (exact) mass is 252 g/mol. The van der Waals surface area contributed by atoms with Crippen molar-refractivity contribution in [3.8, 4) is 5.75 Å². The predicted octanol–water partition coefficient (Wildman–Crippen LogP) is 3.40. The molecular weight excluding hydrogens is 236 g/mol. The second-order valence-corrected chi connectivity index (χ2v) is 4.60. The van der Waals surface area contributed by atoms with Crippen LogP contribution in [0.5, 0.6) is 5.75 Å². The van der Waals surface area contributed by atoms with Crippen LogP contribution in [-0.4, -0.2) is 16.7 Å². The van der Waals surface area contributed by atoms with Gasteiger partial charge < -0.3 is 9.30 Å². The number of aryl methyl sites for hydroxylation is 1. The maximum absolute atomic E-state index is 5.41. The van der Waals surface area contributed by atoms with E-state index in [1.807, 2.05) is 30.5 Å². The highest BCUT2D eigenvalue weighted by Crippen LogP contribution is 2.23. The number of hydrogen-bond donors (Lipinski definition) is 0. The van der Waals surface area contributed by atoms with Crippen molar-refractivity contribution in [2.45, 2.75) is 13.5 Å². The molecule has 0 unspecified atom stereocenters. The Morgan fingerprint density at radius 2 is 2.00 bits per heavy atom. The molecule has 0 radical (unpaired) electrons. The van der Waals surface area contributed by atoms with Crippen LogP contribution < -0.4 is 4.74 Å². The zero-order chi connectivity index (χ0) is 13.2. The normalized spacial score (nSPS) is 10.8. The second-order valence-electron chi connectivity index (χ2n) is 4.60. The third-order valence-electron chi connectivity index (χ3n) is 3.38. The first-order valence-electron chi connectivity index (χ1n) is 6.32. The molecule has 2 aromatic heterocycles. The Balaban J connectivity index is 2.08. The molecule has 0 saturated carbocycles. The van der Waals surface area contributed by atoms with Crippen molar-refractivity contribution in [2.24, 2.45) is 0 Å². The fourth-order valence-corrected chi connectivity index (χ4v) is 2.42. The van der Waals surface area contributed by atoms with Crippen molar-refractivity contribution in [2.75, 3.05) is 7.11 Å². The smallest absolute Gasteiger partial charge is 0.140 e. The summed E-state index contributed by atoms with van der Waals surface area (Å²) in [6.45, 7) is 2.88. The Bertz CT molecular complexity index is 716. The van der Waals surface area contributed by atoms with Crippen molar-refractivity contribution in [3.05, 3.63) is 59.9 Å². The molecule has 0 saturated heterocycles. The van der Waals surface area contributed by atoms with Gasteiger partial charge in [-0.05, 0) is 31.2 Å². The van der Waals surface area contributed by atoms with Crippen LogP contribution in [0.4, 0.5) is 0 Å². The van der Waals surface area contributed by atoms with Crippen molar-refractivity contribution in [3.63, 3.8) is 0 Å². The Morgan fingerprint density at radius 1 is 1.16 bits per heavy atom. The highest BCUT2D eigenvalue weighted by molar-refractivity contribution is 5.77. The molecule has 0 N–H and O–H groups in total. The largest absolute Gasteiger partial charge is 0.496 e. The summed E-state index contributed by atoms with van der Waals surface area (Å²) in [4.78, 5) is 4.48. The maximum atomic E-state index is 5.41. The van der Waals surface area contributed by atoms with E-state index < -0.39 is 0 Å². The molecule has 0 atom stereocenters. The molecule has 96 valence electrons. The van der Waals surface area contributed by atoms with E-state index in [0.29, 0.717) is 0 Å². The molecule has 0 fully saturated rings. The van der Waals surface area contributed by atoms with Gasteiger partial charge in [-0.1, -0.05) is 18.2 Å². The lowest BCUT2D eigenvalue weighted by molar-refractivity contribution is 0.408. The van der Waals surface area contributed by atoms with Crippen molar-refractivity contribution in [1.29, 1.82) is 0 Å². The molecule has 1 aromatic carbocycles. The van der Waals surface area contributed by atoms with Gasteiger partial charge >= 0.3 is 0 Å². The van der Waals surface area contributed by atoms with E-state index >= 15 is 0 Å². The lowest BCUT2D eigenvalue weighted by atomic mass is 10.2. The highest BCUT2D eigenvalue weighted by atomic mass is 16.5. The quantitative estimate of drug-likeness (QED) is 0.714. The van der Waals surface area contributed by atoms with E-state index in [-0.39, 0.29) is 0 Å². The number of methoxy groups -OCH3 is 1. The molecular formula is C16H16N2O. The van der Waals surface area contributed by atoms with E-state index in [1.165, 1.54) is 11.1 Å². The third-order valence-corrected chi connectivity index (χ3v) is 3.38. The summed E-state index contributed by atoms with van der Waals surface area (Å²) in [7, 11) is 1.71. The summed E-state index contributed by atoms with van der Waals surface area (Å²) < 4.78 is 7.63. The van der Waals surface area contributed by atoms with E-state index in [2.05, 4.69) is 34.7 Å². The lowest BCUT2D eigenvalue weighted by Gasteiger charge is -2.11. The molecule has 0 bridgehead atoms. The summed E-state index contributed by atoms with van der Waals surface area (Å²) in [6.07, 6.45) is 1.83. The van der Waals surface area contributed by atoms with Gasteiger partial charge in [-0.2, -0.15) is 0 Å². The van der Waals surface area contributed by atoms with E-state index in [4.69, 9.17) is 4.74 Å². The van der Waals surface area contributed by atoms with Gasteiger partial charge in [0, 0.05) is 22.8 Å². The van der Waals surface area contributed by atoms with Crippen LogP contribution in [0.3, 0.4) is 0 Å². The molecule has 19 heavy (non-hydrogen) atoms. The Kier molecular flexibility index (Phi) is 2.95. The number of para-hydroxylation sites is 1. The predicted molar refractivity (Wildman–Crippen MR) is 76.6 cm³/mol. The summed E-state index contributed by atoms with van der Waals surface area (Å²) in [5, 5.41) is 1.18. The summed E-state index contributed by atoms with van der Waals surface area (Å²) in [5.41, 5.74) is 3.39. The third kappa shape index (κ3) is 2.08. The number of hydrogen-bond acceptors (Lipinski definition) is 2. The molecule has 2 heterocycles. The van der Waals surface area contributed by atoms with Crippen molar-refractivity contribution < 1.29 is 4.74 Å². The van der Waals surface area contributed by atoms with Crippen LogP contribution in [0.25, 0.3) is 11.0 Å². The maximum Gasteiger partial charge on any atom is 0.140 e. The Morgan fingerprint density at radius 3 is 2.84 bits per heavy atom. The molecule has 3 rings (SSSR count). The Hall–Kier alpha value is -2.29. The highest BCUT2D eigenvalue weighted by Gasteiger charge is 2.09. The molecule has 3 heteroatoms. The van der Waals surface area contributed by atoms with Gasteiger partial charge in [-0.25, -0.2) is 4.98 Å². The number of rotatable bonds is 3. The zero-order valence-electron chi connectivity index (χ0n) is 11.1. The standard InChI is InChI=1S/C16H16N2O/c1-12-10-13-7-5-9-17-16(13)18(12)11-14-6-3-4-8-15(14)19-2/h3-10H,11H2,1-2H3. The number of aromatic nitrogens is 2. The summed E-state index contributed by atoms with van der Waals surface area (Å²) in [6, 6.07) is 14.3. The molecule has 0 amide bonds. The number of ether oxygens (including phenoxy) is 1. The molecule has 3 aromatic rings. The Labute approximate surface area is 112 Å². The number of pyridine rings is 1. The number of fused-ring (bicyclic) bond motifs is 1. The first-order chi connectivity index (χ1) is 9.29. The van der Waals surface area contributed by atoms with Gasteiger partial charge in [-0.3, -0.25) is 0 Å². The van der Waals surface area contributed by atoms with Gasteiger partial charge in [0.2, 0.25) is 0 Å². The van der Waals surface area contributed by atoms with E-state index in [1.54, 1.807) is 7.11 Å². The first-order valence-corrected chi connectivity index (χ1v) is 6.32. The van der Waals surface area contributed by atoms with Gasteiger partial charge in [-0.15, -0.1) is 0 Å². The minimum absolute atomic E-state index is 0.774. The van der Waals surface area contributed by atoms with Crippen molar-refractivity contribution >= 4 is 11.0 Å². The SMILES string of the molecule is COc1ccccc1Cn1c(C)cc2cccnc21. The number of nitrogens with zero attached hydrogens (tertiary/aromatic N) is 2. The molecule has 0 aliphatic carbocycles. The second kappa shape index (κ2) is 4.76. The minimum Gasteiger partial charge on any atom is -0.496 e. The van der Waals surface area contributed by atoms with Crippen molar-refractivity contribution in [1.82, 2.24) is 9.55 Å². The number of benzene rings is 1. The van der Waals surface area contributed by atoms with Gasteiger partial charge in [0.05, 0.1) is 13.7 Å². The van der Waals surface area contributed by atoms with Crippen LogP contribution in [0.15, 0.2) is 48.7 Å². The van der Waals surface area contributed by atoms with Gasteiger partial charge in [0.1, 0.15) is 11.4 Å². The zero-order valence-corrected chi connectivity index (χ0v) is 11.1. The molecule has 0 aliphatic rings. The van der Waals surface area contributed by atoms with Crippen LogP contribution in [0.1, 0.15) is 11.3 Å². The minimum atomic E-state index is 0.774. The van der Waals surface area contributed by atoms with Crippen LogP contribution in [0.2, 0.25) is 0 Å². The average molecular weight is 252 g/mol. The molecule has 3 nitrogen and oxygen atoms in total. The lowest BCUT2D eigenvalue weighted by Crippen LogP contribution is -2.04. The van der Waals surface area contributed by atoms with E-state index in [9.17, 15) is 0 Å². The van der Waals surface area contributed by atoms with Crippen LogP contribution in [0, 0.1) is 6.92 Å². The van der Waals surface area contributed by atoms with Gasteiger partial charge in [0.15, 0.2) is 0 Å². The fraction of sp³-hybridized carbons (Fsp3) is 0.188. The molecule has 0 aliphatic heterocycles. The molecule has 0 spiro atoms. The fourth-order valence-electron chi connectivity index (χ4n) is 2.42. The summed E-state index contributed by atoms with van der Waals surface area (Å²) >= 11 is 0. The summed E-state index contributed by atoms with van der Waals surface area (Å²) in [5.74, 6) is 0.916. The first kappa shape index (κ1) is 11.8. The van der Waals surface area contributed by atoms with Crippen LogP contribution >= 0.6 is 0 Å².